The first-order chi connectivity index (χ1) is 8.51. The van der Waals surface area contributed by atoms with Gasteiger partial charge in [-0.05, 0) is 52.6 Å². The number of fused-ring (bicyclic) bond motifs is 1. The van der Waals surface area contributed by atoms with Gasteiger partial charge >= 0.3 is 5.97 Å². The second-order valence-electron chi connectivity index (χ2n) is 4.81. The number of carboxylic acids is 1. The number of aliphatic carboxylic acids is 1. The summed E-state index contributed by atoms with van der Waals surface area (Å²) in [7, 11) is 1.70. The molecule has 5 heteroatoms. The van der Waals surface area contributed by atoms with Crippen molar-refractivity contribution in [1.29, 1.82) is 0 Å². The highest BCUT2D eigenvalue weighted by Crippen LogP contribution is 2.26. The zero-order chi connectivity index (χ0) is 14.0. The van der Waals surface area contributed by atoms with E-state index in [4.69, 9.17) is 19.7 Å². The van der Waals surface area contributed by atoms with Gasteiger partial charge < -0.3 is 19.8 Å². The van der Waals surface area contributed by atoms with E-state index < -0.39 is 12.6 Å². The zero-order valence-corrected chi connectivity index (χ0v) is 11.8. The molecule has 0 bridgehead atoms. The number of hydrogen-bond donors (Lipinski definition) is 2. The molecule has 0 aromatic heterocycles. The lowest BCUT2D eigenvalue weighted by Gasteiger charge is -2.11. The molecule has 108 valence electrons. The van der Waals surface area contributed by atoms with Crippen LogP contribution < -0.4 is 0 Å². The minimum absolute atomic E-state index is 0.384. The first-order valence-electron chi connectivity index (χ1n) is 6.60. The third-order valence-corrected chi connectivity index (χ3v) is 3.09. The van der Waals surface area contributed by atoms with Crippen LogP contribution in [0.2, 0.25) is 0 Å². The Morgan fingerprint density at radius 2 is 1.72 bits per heavy atom. The van der Waals surface area contributed by atoms with Gasteiger partial charge in [-0.2, -0.15) is 0 Å². The number of aliphatic hydroxyl groups is 1. The fourth-order valence-corrected chi connectivity index (χ4v) is 2.05. The van der Waals surface area contributed by atoms with Crippen molar-refractivity contribution in [2.75, 3.05) is 26.8 Å². The molecule has 0 aliphatic carbocycles. The van der Waals surface area contributed by atoms with E-state index >= 15 is 0 Å². The Bertz CT molecular complexity index is 201. The Labute approximate surface area is 110 Å². The molecule has 0 aromatic rings. The van der Waals surface area contributed by atoms with Gasteiger partial charge in [0.1, 0.15) is 6.61 Å². The standard InChI is InChI=1S/C7H13N.C4H10O.C2H4O3/c1-3-7-4-2-6-8(7)5-1;1-4(2)5-3;3-1-2(4)5/h7H,1-6H2;4H,1-3H3;3H,1H2,(H,4,5). The van der Waals surface area contributed by atoms with E-state index in [1.807, 2.05) is 13.8 Å². The van der Waals surface area contributed by atoms with Crippen LogP contribution >= 0.6 is 0 Å². The van der Waals surface area contributed by atoms with Gasteiger partial charge in [-0.1, -0.05) is 0 Å². The highest BCUT2D eigenvalue weighted by Gasteiger charge is 2.27. The van der Waals surface area contributed by atoms with Crippen LogP contribution in [-0.4, -0.2) is 60.0 Å². The molecular formula is C13H27NO4. The fraction of sp³-hybridized carbons (Fsp3) is 0.923. The predicted octanol–water partition coefficient (Wildman–Crippen LogP) is 1.35. The molecule has 2 saturated heterocycles. The highest BCUT2D eigenvalue weighted by atomic mass is 16.5. The maximum absolute atomic E-state index is 9.12. The van der Waals surface area contributed by atoms with Crippen LogP contribution in [0.15, 0.2) is 0 Å². The number of hydrogen-bond acceptors (Lipinski definition) is 4. The summed E-state index contributed by atoms with van der Waals surface area (Å²) >= 11 is 0. The van der Waals surface area contributed by atoms with Crippen molar-refractivity contribution in [1.82, 2.24) is 4.90 Å². The summed E-state index contributed by atoms with van der Waals surface area (Å²) in [5, 5.41) is 15.0. The molecule has 2 aliphatic heterocycles. The minimum atomic E-state index is -1.19. The first-order valence-corrected chi connectivity index (χ1v) is 6.60. The van der Waals surface area contributed by atoms with Crippen molar-refractivity contribution in [2.24, 2.45) is 0 Å². The molecule has 2 N–H and O–H groups in total. The van der Waals surface area contributed by atoms with Gasteiger partial charge in [0, 0.05) is 13.2 Å². The van der Waals surface area contributed by atoms with Gasteiger partial charge in [0.15, 0.2) is 0 Å². The Morgan fingerprint density at radius 3 is 1.94 bits per heavy atom. The predicted molar refractivity (Wildman–Crippen MR) is 70.7 cm³/mol. The largest absolute Gasteiger partial charge is 0.480 e. The normalized spacial score (nSPS) is 18.7. The summed E-state index contributed by atoms with van der Waals surface area (Å²) in [5.74, 6) is -1.19. The number of carbonyl (C=O) groups is 1. The number of carboxylic acid groups (broad SMARTS) is 1. The summed E-state index contributed by atoms with van der Waals surface area (Å²) in [6.45, 7) is 6.01. The second-order valence-corrected chi connectivity index (χ2v) is 4.81. The van der Waals surface area contributed by atoms with E-state index in [1.54, 1.807) is 7.11 Å². The van der Waals surface area contributed by atoms with E-state index in [0.29, 0.717) is 6.10 Å². The minimum Gasteiger partial charge on any atom is -0.480 e. The van der Waals surface area contributed by atoms with Crippen LogP contribution in [0, 0.1) is 0 Å². The molecular weight excluding hydrogens is 234 g/mol. The average Bonchev–Trinajstić information content (AvgIpc) is 2.93. The lowest BCUT2D eigenvalue weighted by atomic mass is 10.2. The molecule has 2 fully saturated rings. The molecule has 0 aromatic carbocycles. The molecule has 0 atom stereocenters. The van der Waals surface area contributed by atoms with Crippen molar-refractivity contribution in [3.8, 4) is 0 Å². The maximum Gasteiger partial charge on any atom is 0.329 e. The van der Waals surface area contributed by atoms with E-state index in [1.165, 1.54) is 38.8 Å². The molecule has 0 amide bonds. The second kappa shape index (κ2) is 10.3. The van der Waals surface area contributed by atoms with Crippen LogP contribution in [0.4, 0.5) is 0 Å². The number of ether oxygens (including phenoxy) is 1. The summed E-state index contributed by atoms with van der Waals surface area (Å²) in [4.78, 5) is 11.8. The molecule has 18 heavy (non-hydrogen) atoms. The highest BCUT2D eigenvalue weighted by molar-refractivity contribution is 5.67. The van der Waals surface area contributed by atoms with Crippen LogP contribution in [0.5, 0.6) is 0 Å². The number of aliphatic hydroxyl groups excluding tert-OH is 1. The molecule has 5 nitrogen and oxygen atoms in total. The van der Waals surface area contributed by atoms with Crippen LogP contribution in [-0.2, 0) is 9.53 Å². The molecule has 0 saturated carbocycles. The monoisotopic (exact) mass is 261 g/mol. The molecule has 0 radical (unpaired) electrons. The Morgan fingerprint density at radius 1 is 1.33 bits per heavy atom. The third-order valence-electron chi connectivity index (χ3n) is 3.09. The lowest BCUT2D eigenvalue weighted by Crippen LogP contribution is -2.21. The van der Waals surface area contributed by atoms with Gasteiger partial charge in [-0.25, -0.2) is 4.79 Å². The van der Waals surface area contributed by atoms with Crippen molar-refractivity contribution < 1.29 is 19.7 Å². The zero-order valence-electron chi connectivity index (χ0n) is 11.8. The Hall–Kier alpha value is -0.650. The van der Waals surface area contributed by atoms with Crippen LogP contribution in [0.25, 0.3) is 0 Å². The molecule has 0 unspecified atom stereocenters. The van der Waals surface area contributed by atoms with Crippen molar-refractivity contribution in [3.63, 3.8) is 0 Å². The van der Waals surface area contributed by atoms with Crippen LogP contribution in [0.3, 0.4) is 0 Å². The summed E-state index contributed by atoms with van der Waals surface area (Å²) in [5.41, 5.74) is 0. The third kappa shape index (κ3) is 8.44. The number of nitrogens with zero attached hydrogens (tertiary/aromatic N) is 1. The number of methoxy groups -OCH3 is 1. The Balaban J connectivity index is 0.000000258. The fourth-order valence-electron chi connectivity index (χ4n) is 2.05. The van der Waals surface area contributed by atoms with Gasteiger partial charge in [-0.15, -0.1) is 0 Å². The summed E-state index contributed by atoms with van der Waals surface area (Å²) in [6.07, 6.45) is 6.28. The van der Waals surface area contributed by atoms with Crippen LogP contribution in [0.1, 0.15) is 39.5 Å². The van der Waals surface area contributed by atoms with Gasteiger partial charge in [0.2, 0.25) is 0 Å². The average molecular weight is 261 g/mol. The van der Waals surface area contributed by atoms with Gasteiger partial charge in [-0.3, -0.25) is 0 Å². The summed E-state index contributed by atoms with van der Waals surface area (Å²) < 4.78 is 4.75. The molecule has 2 rings (SSSR count). The maximum atomic E-state index is 9.12. The van der Waals surface area contributed by atoms with Gasteiger partial charge in [0.25, 0.3) is 0 Å². The quantitative estimate of drug-likeness (QED) is 0.785. The van der Waals surface area contributed by atoms with E-state index in [-0.39, 0.29) is 0 Å². The Kier molecular flexibility index (Phi) is 9.92. The topological polar surface area (TPSA) is 70.0 Å². The van der Waals surface area contributed by atoms with Crippen molar-refractivity contribution in [3.05, 3.63) is 0 Å². The van der Waals surface area contributed by atoms with E-state index in [2.05, 4.69) is 4.90 Å². The van der Waals surface area contributed by atoms with E-state index in [0.717, 1.165) is 6.04 Å². The van der Waals surface area contributed by atoms with E-state index in [9.17, 15) is 0 Å². The van der Waals surface area contributed by atoms with Crippen molar-refractivity contribution >= 4 is 5.97 Å². The number of rotatable bonds is 2. The smallest absolute Gasteiger partial charge is 0.329 e. The summed E-state index contributed by atoms with van der Waals surface area (Å²) in [6, 6.07) is 1.01. The SMILES string of the molecule is C1CC2CCCN2C1.COC(C)C.O=C(O)CO. The molecule has 0 spiro atoms. The van der Waals surface area contributed by atoms with Crippen molar-refractivity contribution in [2.45, 2.75) is 51.7 Å². The molecule has 2 aliphatic rings. The lowest BCUT2D eigenvalue weighted by molar-refractivity contribution is -0.140. The molecule has 2 heterocycles. The van der Waals surface area contributed by atoms with Gasteiger partial charge in [0.05, 0.1) is 6.10 Å². The first kappa shape index (κ1) is 17.4.